The van der Waals surface area contributed by atoms with E-state index in [4.69, 9.17) is 4.43 Å². The summed E-state index contributed by atoms with van der Waals surface area (Å²) < 4.78 is 6.95. The maximum absolute atomic E-state index is 12.3. The molecule has 0 spiro atoms. The van der Waals surface area contributed by atoms with E-state index < -0.39 is 21.1 Å². The highest BCUT2D eigenvalue weighted by Gasteiger charge is 2.48. The fraction of sp³-hybridized carbons (Fsp3) is 0.962. The van der Waals surface area contributed by atoms with Crippen LogP contribution in [0.3, 0.4) is 0 Å². The molecule has 2 saturated carbocycles. The monoisotopic (exact) mass is 438 g/mol. The minimum absolute atomic E-state index is 0.377. The van der Waals surface area contributed by atoms with E-state index in [1.165, 1.54) is 38.5 Å². The molecule has 0 saturated heterocycles. The van der Waals surface area contributed by atoms with Crippen molar-refractivity contribution in [3.8, 4) is 0 Å². The van der Waals surface area contributed by atoms with Gasteiger partial charge in [-0.15, -0.1) is 0 Å². The second-order valence-corrected chi connectivity index (χ2v) is 15.6. The molecular formula is C26H50O3Si. The van der Waals surface area contributed by atoms with Crippen molar-refractivity contribution >= 4 is 15.0 Å². The molecular weight excluding hydrogens is 388 g/mol. The van der Waals surface area contributed by atoms with Crippen LogP contribution in [0.15, 0.2) is 0 Å². The Bertz CT molecular complexity index is 521. The van der Waals surface area contributed by atoms with Crippen LogP contribution in [0.2, 0.25) is 11.1 Å². The molecule has 0 aromatic heterocycles. The number of carbonyl (C=O) groups is 1. The Morgan fingerprint density at radius 2 is 1.27 bits per heavy atom. The van der Waals surface area contributed by atoms with Crippen molar-refractivity contribution in [1.82, 2.24) is 0 Å². The summed E-state index contributed by atoms with van der Waals surface area (Å²) in [6, 6.07) is 0. The zero-order valence-corrected chi connectivity index (χ0v) is 22.4. The minimum atomic E-state index is -1.80. The Hall–Kier alpha value is -0.353. The number of aliphatic carboxylic acids is 1. The van der Waals surface area contributed by atoms with Gasteiger partial charge in [0, 0.05) is 0 Å². The van der Waals surface area contributed by atoms with Crippen LogP contribution < -0.4 is 0 Å². The van der Waals surface area contributed by atoms with E-state index in [0.717, 1.165) is 11.8 Å². The Morgan fingerprint density at radius 3 is 1.57 bits per heavy atom. The van der Waals surface area contributed by atoms with Gasteiger partial charge in [-0.05, 0) is 77.7 Å². The lowest BCUT2D eigenvalue weighted by Gasteiger charge is -2.49. The first-order chi connectivity index (χ1) is 13.8. The summed E-state index contributed by atoms with van der Waals surface area (Å²) in [7, 11) is -1.80. The highest BCUT2D eigenvalue weighted by Crippen LogP contribution is 2.53. The molecule has 3 nitrogen and oxygen atoms in total. The van der Waals surface area contributed by atoms with Gasteiger partial charge >= 0.3 is 5.97 Å². The van der Waals surface area contributed by atoms with Crippen molar-refractivity contribution in [2.45, 2.75) is 118 Å². The van der Waals surface area contributed by atoms with Crippen LogP contribution in [0.25, 0.3) is 0 Å². The predicted octanol–water partition coefficient (Wildman–Crippen LogP) is 7.15. The van der Waals surface area contributed by atoms with Gasteiger partial charge < -0.3 is 9.53 Å². The molecule has 0 heterocycles. The molecule has 0 aromatic rings. The van der Waals surface area contributed by atoms with E-state index in [1.807, 2.05) is 20.8 Å². The van der Waals surface area contributed by atoms with Crippen molar-refractivity contribution in [3.63, 3.8) is 0 Å². The molecule has 30 heavy (non-hydrogen) atoms. The fourth-order valence-electron chi connectivity index (χ4n) is 6.62. The summed E-state index contributed by atoms with van der Waals surface area (Å²) in [5.41, 5.74) is 0.835. The molecule has 7 atom stereocenters. The van der Waals surface area contributed by atoms with Crippen LogP contribution in [-0.2, 0) is 9.22 Å². The predicted molar refractivity (Wildman–Crippen MR) is 129 cm³/mol. The summed E-state index contributed by atoms with van der Waals surface area (Å²) in [6.07, 6.45) is 7.01. The molecule has 2 aliphatic carbocycles. The lowest BCUT2D eigenvalue weighted by Crippen LogP contribution is -2.49. The highest BCUT2D eigenvalue weighted by atomic mass is 28.3. The van der Waals surface area contributed by atoms with Crippen LogP contribution in [0.5, 0.6) is 0 Å². The van der Waals surface area contributed by atoms with Gasteiger partial charge in [0.1, 0.15) is 6.10 Å². The number of carboxylic acid groups (broad SMARTS) is 1. The van der Waals surface area contributed by atoms with Gasteiger partial charge in [0.2, 0.25) is 0 Å². The summed E-state index contributed by atoms with van der Waals surface area (Å²) in [6.45, 7) is 20.4. The largest absolute Gasteiger partial charge is 0.479 e. The maximum Gasteiger partial charge on any atom is 0.332 e. The molecule has 4 heteroatoms. The van der Waals surface area contributed by atoms with E-state index in [2.05, 4.69) is 41.5 Å². The molecule has 7 unspecified atom stereocenters. The molecule has 1 N–H and O–H groups in total. The molecule has 176 valence electrons. The average Bonchev–Trinajstić information content (AvgIpc) is 2.60. The summed E-state index contributed by atoms with van der Waals surface area (Å²) >= 11 is 0. The van der Waals surface area contributed by atoms with E-state index in [1.54, 1.807) is 0 Å². The molecule has 0 aliphatic heterocycles. The summed E-state index contributed by atoms with van der Waals surface area (Å²) in [5, 5.41) is 10.1. The van der Waals surface area contributed by atoms with Crippen molar-refractivity contribution in [2.24, 2.45) is 40.9 Å². The third-order valence-corrected chi connectivity index (χ3v) is 12.1. The van der Waals surface area contributed by atoms with E-state index >= 15 is 0 Å². The van der Waals surface area contributed by atoms with Gasteiger partial charge in [-0.25, -0.2) is 4.79 Å². The molecule has 0 bridgehead atoms. The topological polar surface area (TPSA) is 46.5 Å². The van der Waals surface area contributed by atoms with Gasteiger partial charge in [-0.1, -0.05) is 75.2 Å². The Kier molecular flexibility index (Phi) is 9.07. The van der Waals surface area contributed by atoms with Crippen molar-refractivity contribution in [3.05, 3.63) is 0 Å². The third-order valence-electron chi connectivity index (χ3n) is 8.30. The van der Waals surface area contributed by atoms with Crippen LogP contribution in [0.4, 0.5) is 0 Å². The van der Waals surface area contributed by atoms with Gasteiger partial charge in [0.25, 0.3) is 0 Å². The normalized spacial score (nSPS) is 35.4. The van der Waals surface area contributed by atoms with Gasteiger partial charge in [0.05, 0.1) is 0 Å². The van der Waals surface area contributed by atoms with Crippen molar-refractivity contribution in [1.29, 1.82) is 0 Å². The Balaban J connectivity index is 2.48. The smallest absolute Gasteiger partial charge is 0.332 e. The highest BCUT2D eigenvalue weighted by molar-refractivity contribution is 6.56. The Morgan fingerprint density at radius 1 is 0.867 bits per heavy atom. The van der Waals surface area contributed by atoms with Crippen LogP contribution in [-0.4, -0.2) is 26.2 Å². The zero-order chi connectivity index (χ0) is 22.8. The van der Waals surface area contributed by atoms with Gasteiger partial charge in [-0.2, -0.15) is 0 Å². The van der Waals surface area contributed by atoms with Crippen LogP contribution in [0, 0.1) is 40.9 Å². The minimum Gasteiger partial charge on any atom is -0.479 e. The van der Waals surface area contributed by atoms with Gasteiger partial charge in [-0.3, -0.25) is 0 Å². The lowest BCUT2D eigenvalue weighted by molar-refractivity contribution is -0.150. The lowest BCUT2D eigenvalue weighted by atomic mass is 9.76. The first-order valence-electron chi connectivity index (χ1n) is 12.7. The summed E-state index contributed by atoms with van der Waals surface area (Å²) in [4.78, 5) is 12.3. The third kappa shape index (κ3) is 6.34. The standard InChI is InChI=1S/C26H50O3Si/c1-16(2)20-12-10-18(5)14-22(20)30(29-24(25(27)28)26(7,8)9)23-15-19(6)11-13-21(23)17(3)4/h16-24,30H,10-15H2,1-9H3,(H,27,28). The number of rotatable bonds is 7. The van der Waals surface area contributed by atoms with E-state index in [0.29, 0.717) is 34.8 Å². The quantitative estimate of drug-likeness (QED) is 0.429. The maximum atomic E-state index is 12.3. The first-order valence-corrected chi connectivity index (χ1v) is 14.5. The van der Waals surface area contributed by atoms with Crippen molar-refractivity contribution < 1.29 is 14.3 Å². The molecule has 0 amide bonds. The van der Waals surface area contributed by atoms with E-state index in [-0.39, 0.29) is 5.41 Å². The Labute approximate surface area is 188 Å². The molecule has 0 radical (unpaired) electrons. The fourth-order valence-corrected chi connectivity index (χ4v) is 12.2. The van der Waals surface area contributed by atoms with Crippen LogP contribution in [0.1, 0.15) is 101 Å². The number of hydrogen-bond donors (Lipinski definition) is 1. The average molecular weight is 439 g/mol. The second kappa shape index (κ2) is 10.5. The van der Waals surface area contributed by atoms with Crippen LogP contribution >= 0.6 is 0 Å². The van der Waals surface area contributed by atoms with Gasteiger partial charge in [0.15, 0.2) is 9.04 Å². The number of hydrogen-bond acceptors (Lipinski definition) is 2. The zero-order valence-electron chi connectivity index (χ0n) is 21.3. The van der Waals surface area contributed by atoms with E-state index in [9.17, 15) is 9.90 Å². The second-order valence-electron chi connectivity index (χ2n) is 12.7. The molecule has 2 fully saturated rings. The molecule has 2 aliphatic rings. The number of carboxylic acids is 1. The summed E-state index contributed by atoms with van der Waals surface area (Å²) in [5.74, 6) is 3.39. The molecule has 0 aromatic carbocycles. The van der Waals surface area contributed by atoms with Crippen molar-refractivity contribution in [2.75, 3.05) is 0 Å². The SMILES string of the molecule is CC1CCC(C(C)C)C([SiH](OC(C(=O)O)C(C)(C)C)C2CC(C)CCC2C(C)C)C1. The molecule has 2 rings (SSSR count). The first kappa shape index (κ1) is 25.9.